The van der Waals surface area contributed by atoms with Crippen molar-refractivity contribution in [2.24, 2.45) is 5.10 Å². The number of hydrogen-bond acceptors (Lipinski definition) is 5. The first kappa shape index (κ1) is 15.0. The molecular weight excluding hydrogens is 298 g/mol. The van der Waals surface area contributed by atoms with E-state index in [9.17, 15) is 14.9 Å². The maximum Gasteiger partial charge on any atom is 0.269 e. The monoisotopic (exact) mass is 313 g/mol. The molecule has 2 aromatic rings. The van der Waals surface area contributed by atoms with Crippen molar-refractivity contribution < 1.29 is 14.1 Å². The topological polar surface area (TPSA) is 89.0 Å². The molecule has 118 valence electrons. The summed E-state index contributed by atoms with van der Waals surface area (Å²) in [5, 5.41) is 16.5. The van der Waals surface area contributed by atoms with Crippen molar-refractivity contribution in [3.63, 3.8) is 0 Å². The number of rotatable bonds is 3. The number of carbonyl (C=O) groups excluding carboxylic acids is 1. The third-order valence-electron chi connectivity index (χ3n) is 3.75. The molecule has 0 saturated heterocycles. The largest absolute Gasteiger partial charge is 0.460 e. The number of benzene rings is 1. The van der Waals surface area contributed by atoms with Gasteiger partial charge in [0.1, 0.15) is 17.2 Å². The van der Waals surface area contributed by atoms with E-state index in [1.165, 1.54) is 24.1 Å². The van der Waals surface area contributed by atoms with E-state index in [2.05, 4.69) is 5.10 Å². The molecule has 1 aliphatic rings. The van der Waals surface area contributed by atoms with Gasteiger partial charge >= 0.3 is 0 Å². The molecule has 0 fully saturated rings. The van der Waals surface area contributed by atoms with E-state index >= 15 is 0 Å². The van der Waals surface area contributed by atoms with Crippen molar-refractivity contribution >= 4 is 17.3 Å². The van der Waals surface area contributed by atoms with Crippen LogP contribution in [-0.4, -0.2) is 21.6 Å². The van der Waals surface area contributed by atoms with Crippen molar-refractivity contribution in [3.05, 3.63) is 63.6 Å². The van der Waals surface area contributed by atoms with Crippen LogP contribution in [0, 0.1) is 17.0 Å². The molecule has 1 aromatic heterocycles. The minimum Gasteiger partial charge on any atom is -0.460 e. The number of hydrazone groups is 1. The SMILES string of the molecule is CC(=O)N1N=C(c2ccc(C)o2)C[C@@H]1c1ccc([N+](=O)[O-])cc1. The first-order chi connectivity index (χ1) is 11.0. The van der Waals surface area contributed by atoms with Crippen LogP contribution in [0.5, 0.6) is 0 Å². The molecule has 0 aliphatic carbocycles. The van der Waals surface area contributed by atoms with E-state index in [1.807, 2.05) is 19.1 Å². The van der Waals surface area contributed by atoms with Gasteiger partial charge < -0.3 is 4.42 Å². The van der Waals surface area contributed by atoms with E-state index in [-0.39, 0.29) is 17.6 Å². The Labute approximate surface area is 132 Å². The number of aryl methyl sites for hydroxylation is 1. The second-order valence-electron chi connectivity index (χ2n) is 5.39. The van der Waals surface area contributed by atoms with Crippen molar-refractivity contribution in [2.45, 2.75) is 26.3 Å². The van der Waals surface area contributed by atoms with Gasteiger partial charge in [-0.05, 0) is 24.6 Å². The van der Waals surface area contributed by atoms with Crippen LogP contribution in [-0.2, 0) is 4.79 Å². The Morgan fingerprint density at radius 2 is 2.00 bits per heavy atom. The van der Waals surface area contributed by atoms with Crippen LogP contribution in [0.15, 0.2) is 45.9 Å². The first-order valence-electron chi connectivity index (χ1n) is 7.14. The Morgan fingerprint density at radius 1 is 1.30 bits per heavy atom. The highest BCUT2D eigenvalue weighted by Gasteiger charge is 2.32. The van der Waals surface area contributed by atoms with Crippen molar-refractivity contribution in [2.75, 3.05) is 0 Å². The summed E-state index contributed by atoms with van der Waals surface area (Å²) >= 11 is 0. The molecular formula is C16H15N3O4. The Hall–Kier alpha value is -2.96. The third-order valence-corrected chi connectivity index (χ3v) is 3.75. The van der Waals surface area contributed by atoms with Crippen LogP contribution in [0.4, 0.5) is 5.69 Å². The van der Waals surface area contributed by atoms with Crippen molar-refractivity contribution in [1.82, 2.24) is 5.01 Å². The molecule has 1 aromatic carbocycles. The van der Waals surface area contributed by atoms with Gasteiger partial charge in [-0.25, -0.2) is 5.01 Å². The number of nitrogens with zero attached hydrogens (tertiary/aromatic N) is 3. The summed E-state index contributed by atoms with van der Waals surface area (Å²) in [6, 6.07) is 9.56. The molecule has 0 spiro atoms. The minimum atomic E-state index is -0.450. The maximum atomic E-state index is 11.9. The highest BCUT2D eigenvalue weighted by Crippen LogP contribution is 2.33. The van der Waals surface area contributed by atoms with Gasteiger partial charge in [0.2, 0.25) is 5.91 Å². The molecule has 0 unspecified atom stereocenters. The quantitative estimate of drug-likeness (QED) is 0.643. The normalized spacial score (nSPS) is 17.2. The molecule has 7 nitrogen and oxygen atoms in total. The van der Waals surface area contributed by atoms with Crippen LogP contribution < -0.4 is 0 Å². The lowest BCUT2D eigenvalue weighted by Crippen LogP contribution is -2.24. The zero-order valence-corrected chi connectivity index (χ0v) is 12.7. The molecule has 0 radical (unpaired) electrons. The fraction of sp³-hybridized carbons (Fsp3) is 0.250. The third kappa shape index (κ3) is 2.85. The molecule has 2 heterocycles. The van der Waals surface area contributed by atoms with Gasteiger partial charge in [0.25, 0.3) is 5.69 Å². The summed E-state index contributed by atoms with van der Waals surface area (Å²) in [4.78, 5) is 22.2. The average Bonchev–Trinajstić information content (AvgIpc) is 3.13. The van der Waals surface area contributed by atoms with Crippen molar-refractivity contribution in [3.8, 4) is 0 Å². The first-order valence-corrected chi connectivity index (χ1v) is 7.14. The smallest absolute Gasteiger partial charge is 0.269 e. The summed E-state index contributed by atoms with van der Waals surface area (Å²) in [5.74, 6) is 1.22. The Bertz CT molecular complexity index is 792. The molecule has 1 atom stereocenters. The molecule has 7 heteroatoms. The van der Waals surface area contributed by atoms with E-state index < -0.39 is 4.92 Å². The molecule has 1 amide bonds. The molecule has 0 N–H and O–H groups in total. The van der Waals surface area contributed by atoms with Gasteiger partial charge in [0.15, 0.2) is 0 Å². The number of hydrogen-bond donors (Lipinski definition) is 0. The van der Waals surface area contributed by atoms with Crippen LogP contribution in [0.2, 0.25) is 0 Å². The Morgan fingerprint density at radius 3 is 2.52 bits per heavy atom. The predicted molar refractivity (Wildman–Crippen MR) is 83.0 cm³/mol. The number of furan rings is 1. The zero-order valence-electron chi connectivity index (χ0n) is 12.7. The fourth-order valence-corrected chi connectivity index (χ4v) is 2.62. The van der Waals surface area contributed by atoms with Gasteiger partial charge in [-0.15, -0.1) is 0 Å². The number of non-ortho nitro benzene ring substituents is 1. The zero-order chi connectivity index (χ0) is 16.6. The van der Waals surface area contributed by atoms with Gasteiger partial charge in [-0.2, -0.15) is 5.10 Å². The van der Waals surface area contributed by atoms with Gasteiger partial charge in [0.05, 0.1) is 11.0 Å². The predicted octanol–water partition coefficient (Wildman–Crippen LogP) is 3.19. The molecule has 0 bridgehead atoms. The second kappa shape index (κ2) is 5.68. The average molecular weight is 313 g/mol. The van der Waals surface area contributed by atoms with E-state index in [4.69, 9.17) is 4.42 Å². The molecule has 1 aliphatic heterocycles. The molecule has 3 rings (SSSR count). The Kier molecular flexibility index (Phi) is 3.69. The summed E-state index contributed by atoms with van der Waals surface area (Å²) in [6.45, 7) is 3.29. The standard InChI is InChI=1S/C16H15N3O4/c1-10-3-8-16(23-10)14-9-15(18(17-14)11(2)20)12-4-6-13(7-5-12)19(21)22/h3-8,15H,9H2,1-2H3/t15-/m1/s1. The fourth-order valence-electron chi connectivity index (χ4n) is 2.62. The second-order valence-corrected chi connectivity index (χ2v) is 5.39. The summed E-state index contributed by atoms with van der Waals surface area (Å²) < 4.78 is 5.57. The highest BCUT2D eigenvalue weighted by molar-refractivity contribution is 6.01. The lowest BCUT2D eigenvalue weighted by molar-refractivity contribution is -0.384. The van der Waals surface area contributed by atoms with E-state index in [0.717, 1.165) is 11.3 Å². The van der Waals surface area contributed by atoms with Gasteiger partial charge in [-0.1, -0.05) is 12.1 Å². The summed E-state index contributed by atoms with van der Waals surface area (Å²) in [7, 11) is 0. The van der Waals surface area contributed by atoms with Gasteiger partial charge in [0, 0.05) is 25.5 Å². The highest BCUT2D eigenvalue weighted by atomic mass is 16.6. The number of amides is 1. The lowest BCUT2D eigenvalue weighted by Gasteiger charge is -2.20. The van der Waals surface area contributed by atoms with E-state index in [1.54, 1.807) is 12.1 Å². The van der Waals surface area contributed by atoms with Crippen molar-refractivity contribution in [1.29, 1.82) is 0 Å². The lowest BCUT2D eigenvalue weighted by atomic mass is 10.0. The van der Waals surface area contributed by atoms with Crippen LogP contribution in [0.3, 0.4) is 0 Å². The van der Waals surface area contributed by atoms with Gasteiger partial charge in [-0.3, -0.25) is 14.9 Å². The number of nitro benzene ring substituents is 1. The Balaban J connectivity index is 1.90. The summed E-state index contributed by atoms with van der Waals surface area (Å²) in [5.41, 5.74) is 1.51. The number of carbonyl (C=O) groups is 1. The van der Waals surface area contributed by atoms with Crippen LogP contribution in [0.1, 0.15) is 36.5 Å². The minimum absolute atomic E-state index is 0.0175. The maximum absolute atomic E-state index is 11.9. The molecule has 23 heavy (non-hydrogen) atoms. The summed E-state index contributed by atoms with van der Waals surface area (Å²) in [6.07, 6.45) is 0.504. The number of nitro groups is 1. The van der Waals surface area contributed by atoms with E-state index in [0.29, 0.717) is 17.9 Å². The van der Waals surface area contributed by atoms with Crippen LogP contribution >= 0.6 is 0 Å². The van der Waals surface area contributed by atoms with Crippen LogP contribution in [0.25, 0.3) is 0 Å². The molecule has 0 saturated carbocycles.